The monoisotopic (exact) mass is 196 g/mol. The third-order valence-electron chi connectivity index (χ3n) is 2.93. The van der Waals surface area contributed by atoms with Gasteiger partial charge in [-0.3, -0.25) is 4.90 Å². The molecule has 0 radical (unpaired) electrons. The molecule has 0 aliphatic carbocycles. The lowest BCUT2D eigenvalue weighted by molar-refractivity contribution is 0.0704. The van der Waals surface area contributed by atoms with Crippen LogP contribution in [-0.2, 0) is 4.74 Å². The Labute approximate surface area is 86.1 Å². The van der Waals surface area contributed by atoms with E-state index in [1.165, 1.54) is 25.9 Å². The molecule has 14 heavy (non-hydrogen) atoms. The van der Waals surface area contributed by atoms with Crippen molar-refractivity contribution >= 4 is 0 Å². The molecule has 0 spiro atoms. The molecular formula is C11H20N2O. The number of hydrogen-bond acceptors (Lipinski definition) is 3. The predicted molar refractivity (Wildman–Crippen MR) is 57.4 cm³/mol. The Hall–Kier alpha value is -0.380. The molecule has 1 N–H and O–H groups in total. The average molecular weight is 196 g/mol. The Balaban J connectivity index is 1.63. The van der Waals surface area contributed by atoms with Crippen LogP contribution in [0.25, 0.3) is 0 Å². The first kappa shape index (κ1) is 10.1. The van der Waals surface area contributed by atoms with Crippen molar-refractivity contribution in [1.29, 1.82) is 0 Å². The predicted octanol–water partition coefficient (Wildman–Crippen LogP) is 0.627. The van der Waals surface area contributed by atoms with Crippen LogP contribution in [0.5, 0.6) is 0 Å². The van der Waals surface area contributed by atoms with Gasteiger partial charge in [0.2, 0.25) is 0 Å². The second kappa shape index (κ2) is 5.49. The summed E-state index contributed by atoms with van der Waals surface area (Å²) >= 11 is 0. The lowest BCUT2D eigenvalue weighted by Gasteiger charge is -2.28. The summed E-state index contributed by atoms with van der Waals surface area (Å²) in [6.45, 7) is 6.35. The molecule has 3 nitrogen and oxygen atoms in total. The highest BCUT2D eigenvalue weighted by atomic mass is 16.5. The van der Waals surface area contributed by atoms with Gasteiger partial charge in [0.25, 0.3) is 0 Å². The molecule has 1 saturated heterocycles. The topological polar surface area (TPSA) is 24.5 Å². The molecule has 2 heterocycles. The Morgan fingerprint density at radius 3 is 3.14 bits per heavy atom. The van der Waals surface area contributed by atoms with Gasteiger partial charge in [0.05, 0.1) is 13.2 Å². The minimum Gasteiger partial charge on any atom is -0.379 e. The number of hydrogen-bond donors (Lipinski definition) is 1. The summed E-state index contributed by atoms with van der Waals surface area (Å²) in [5.74, 6) is 0. The highest BCUT2D eigenvalue weighted by Crippen LogP contribution is 2.05. The quantitative estimate of drug-likeness (QED) is 0.670. The third kappa shape index (κ3) is 3.08. The zero-order valence-corrected chi connectivity index (χ0v) is 8.74. The molecule has 0 bridgehead atoms. The van der Waals surface area contributed by atoms with Crippen molar-refractivity contribution in [2.45, 2.75) is 18.9 Å². The van der Waals surface area contributed by atoms with Gasteiger partial charge in [0.1, 0.15) is 0 Å². The molecule has 2 aliphatic heterocycles. The average Bonchev–Trinajstić information content (AvgIpc) is 2.29. The van der Waals surface area contributed by atoms with E-state index in [1.54, 1.807) is 0 Å². The number of nitrogens with one attached hydrogen (secondary N) is 1. The highest BCUT2D eigenvalue weighted by molar-refractivity contribution is 4.91. The van der Waals surface area contributed by atoms with E-state index in [0.717, 1.165) is 26.3 Å². The van der Waals surface area contributed by atoms with Gasteiger partial charge in [0, 0.05) is 32.2 Å². The third-order valence-corrected chi connectivity index (χ3v) is 2.93. The minimum absolute atomic E-state index is 0.578. The summed E-state index contributed by atoms with van der Waals surface area (Å²) in [7, 11) is 0. The van der Waals surface area contributed by atoms with E-state index >= 15 is 0 Å². The summed E-state index contributed by atoms with van der Waals surface area (Å²) < 4.78 is 5.43. The van der Waals surface area contributed by atoms with Gasteiger partial charge in [-0.15, -0.1) is 0 Å². The second-order valence-corrected chi connectivity index (χ2v) is 4.08. The van der Waals surface area contributed by atoms with E-state index in [2.05, 4.69) is 22.4 Å². The van der Waals surface area contributed by atoms with Crippen LogP contribution in [0.15, 0.2) is 12.2 Å². The Kier molecular flexibility index (Phi) is 3.98. The molecule has 0 aromatic heterocycles. The van der Waals surface area contributed by atoms with Gasteiger partial charge in [-0.2, -0.15) is 0 Å². The van der Waals surface area contributed by atoms with E-state index in [1.807, 2.05) is 0 Å². The largest absolute Gasteiger partial charge is 0.379 e. The summed E-state index contributed by atoms with van der Waals surface area (Å²) in [4.78, 5) is 2.51. The van der Waals surface area contributed by atoms with Crippen LogP contribution in [-0.4, -0.2) is 50.3 Å². The maximum Gasteiger partial charge on any atom is 0.0620 e. The van der Waals surface area contributed by atoms with E-state index in [0.29, 0.717) is 6.04 Å². The Bertz CT molecular complexity index is 188. The summed E-state index contributed by atoms with van der Waals surface area (Å²) in [5, 5.41) is 3.49. The van der Waals surface area contributed by atoms with Gasteiger partial charge in [0.15, 0.2) is 0 Å². The zero-order chi connectivity index (χ0) is 9.64. The number of ether oxygens (including phenoxy) is 1. The molecule has 0 saturated carbocycles. The summed E-state index contributed by atoms with van der Waals surface area (Å²) in [5.41, 5.74) is 0. The molecule has 1 fully saturated rings. The first-order chi connectivity index (χ1) is 6.95. The molecule has 2 aliphatic rings. The molecular weight excluding hydrogens is 176 g/mol. The van der Waals surface area contributed by atoms with E-state index < -0.39 is 0 Å². The molecule has 1 atom stereocenters. The van der Waals surface area contributed by atoms with E-state index in [-0.39, 0.29) is 0 Å². The fourth-order valence-electron chi connectivity index (χ4n) is 2.04. The lowest BCUT2D eigenvalue weighted by atomic mass is 10.1. The SMILES string of the molecule is C1=CCN(CCC2COCCN2)CC1. The zero-order valence-electron chi connectivity index (χ0n) is 8.74. The molecule has 0 aromatic rings. The smallest absolute Gasteiger partial charge is 0.0620 e. The minimum atomic E-state index is 0.578. The van der Waals surface area contributed by atoms with Crippen LogP contribution in [0.2, 0.25) is 0 Å². The maximum atomic E-state index is 5.43. The molecule has 2 rings (SSSR count). The van der Waals surface area contributed by atoms with Crippen molar-refractivity contribution in [1.82, 2.24) is 10.2 Å². The van der Waals surface area contributed by atoms with Crippen LogP contribution >= 0.6 is 0 Å². The maximum absolute atomic E-state index is 5.43. The second-order valence-electron chi connectivity index (χ2n) is 4.08. The first-order valence-corrected chi connectivity index (χ1v) is 5.63. The van der Waals surface area contributed by atoms with Gasteiger partial charge < -0.3 is 10.1 Å². The lowest BCUT2D eigenvalue weighted by Crippen LogP contribution is -2.43. The van der Waals surface area contributed by atoms with E-state index in [4.69, 9.17) is 4.74 Å². The van der Waals surface area contributed by atoms with Crippen molar-refractivity contribution in [3.05, 3.63) is 12.2 Å². The van der Waals surface area contributed by atoms with Crippen molar-refractivity contribution in [2.75, 3.05) is 39.4 Å². The van der Waals surface area contributed by atoms with Gasteiger partial charge in [-0.1, -0.05) is 12.2 Å². The molecule has 1 unspecified atom stereocenters. The molecule has 0 amide bonds. The van der Waals surface area contributed by atoms with Crippen molar-refractivity contribution in [3.63, 3.8) is 0 Å². The van der Waals surface area contributed by atoms with Crippen molar-refractivity contribution in [3.8, 4) is 0 Å². The standard InChI is InChI=1S/C11H20N2O/c1-2-6-13(7-3-1)8-4-11-10-14-9-5-12-11/h1-2,11-12H,3-10H2. The van der Waals surface area contributed by atoms with Gasteiger partial charge >= 0.3 is 0 Å². The van der Waals surface area contributed by atoms with E-state index in [9.17, 15) is 0 Å². The highest BCUT2D eigenvalue weighted by Gasteiger charge is 2.14. The summed E-state index contributed by atoms with van der Waals surface area (Å²) in [6.07, 6.45) is 6.98. The van der Waals surface area contributed by atoms with Crippen LogP contribution in [0, 0.1) is 0 Å². The van der Waals surface area contributed by atoms with Crippen molar-refractivity contribution < 1.29 is 4.74 Å². The Morgan fingerprint density at radius 1 is 1.43 bits per heavy atom. The fourth-order valence-corrected chi connectivity index (χ4v) is 2.04. The Morgan fingerprint density at radius 2 is 2.43 bits per heavy atom. The number of rotatable bonds is 3. The molecule has 80 valence electrons. The van der Waals surface area contributed by atoms with Gasteiger partial charge in [-0.05, 0) is 12.8 Å². The van der Waals surface area contributed by atoms with Crippen molar-refractivity contribution in [2.24, 2.45) is 0 Å². The number of nitrogens with zero attached hydrogens (tertiary/aromatic N) is 1. The number of morpholine rings is 1. The fraction of sp³-hybridized carbons (Fsp3) is 0.818. The van der Waals surface area contributed by atoms with Crippen LogP contribution < -0.4 is 5.32 Å². The molecule has 3 heteroatoms. The normalized spacial score (nSPS) is 29.3. The van der Waals surface area contributed by atoms with Crippen LogP contribution in [0.3, 0.4) is 0 Å². The van der Waals surface area contributed by atoms with Crippen LogP contribution in [0.1, 0.15) is 12.8 Å². The molecule has 0 aromatic carbocycles. The van der Waals surface area contributed by atoms with Crippen LogP contribution in [0.4, 0.5) is 0 Å². The summed E-state index contributed by atoms with van der Waals surface area (Å²) in [6, 6.07) is 0.578. The first-order valence-electron chi connectivity index (χ1n) is 5.63. The van der Waals surface area contributed by atoms with Gasteiger partial charge in [-0.25, -0.2) is 0 Å².